The molecule has 4 heteroatoms. The van der Waals surface area contributed by atoms with Gasteiger partial charge in [-0.1, -0.05) is 0 Å². The van der Waals surface area contributed by atoms with Gasteiger partial charge in [-0.25, -0.2) is 0 Å². The number of rotatable bonds is 3. The van der Waals surface area contributed by atoms with Crippen LogP contribution in [-0.4, -0.2) is 24.5 Å². The Hall–Kier alpha value is 0.1000. The highest BCUT2D eigenvalue weighted by molar-refractivity contribution is 9.10. The van der Waals surface area contributed by atoms with Crippen molar-refractivity contribution in [3.05, 3.63) is 20.8 Å². The van der Waals surface area contributed by atoms with Crippen LogP contribution in [0, 0.1) is 0 Å². The molecule has 0 saturated carbocycles. The van der Waals surface area contributed by atoms with Crippen molar-refractivity contribution in [1.29, 1.82) is 0 Å². The van der Waals surface area contributed by atoms with Crippen molar-refractivity contribution in [1.82, 2.24) is 4.90 Å². The standard InChI is InChI=1S/C10H15BrN2S/c11-8-3-6-14-10(8)9(7-12)13-4-1-2-5-13/h3,6,9H,1-2,4-5,7,12H2. The maximum absolute atomic E-state index is 5.86. The quantitative estimate of drug-likeness (QED) is 0.918. The summed E-state index contributed by atoms with van der Waals surface area (Å²) in [5, 5.41) is 2.12. The van der Waals surface area contributed by atoms with Crippen LogP contribution in [0.15, 0.2) is 15.9 Å². The Bertz CT molecular complexity index is 294. The van der Waals surface area contributed by atoms with Crippen LogP contribution in [0.1, 0.15) is 23.8 Å². The van der Waals surface area contributed by atoms with E-state index in [2.05, 4.69) is 32.3 Å². The van der Waals surface area contributed by atoms with E-state index in [1.807, 2.05) is 0 Å². The molecule has 1 aliphatic heterocycles. The van der Waals surface area contributed by atoms with Gasteiger partial charge < -0.3 is 5.73 Å². The van der Waals surface area contributed by atoms with Crippen LogP contribution in [-0.2, 0) is 0 Å². The number of likely N-dealkylation sites (tertiary alicyclic amines) is 1. The summed E-state index contributed by atoms with van der Waals surface area (Å²) < 4.78 is 1.21. The fourth-order valence-corrected chi connectivity index (χ4v) is 3.80. The second-order valence-electron chi connectivity index (χ2n) is 3.63. The van der Waals surface area contributed by atoms with Crippen LogP contribution in [0.2, 0.25) is 0 Å². The molecule has 1 aromatic rings. The number of nitrogens with zero attached hydrogens (tertiary/aromatic N) is 1. The first kappa shape index (κ1) is 10.6. The third-order valence-corrected chi connectivity index (χ3v) is 4.72. The zero-order valence-corrected chi connectivity index (χ0v) is 10.5. The number of hydrogen-bond acceptors (Lipinski definition) is 3. The molecule has 1 unspecified atom stereocenters. The van der Waals surface area contributed by atoms with Gasteiger partial charge in [-0.05, 0) is 53.3 Å². The Balaban J connectivity index is 2.16. The van der Waals surface area contributed by atoms with Gasteiger partial charge in [0.1, 0.15) is 0 Å². The molecule has 0 bridgehead atoms. The first-order valence-electron chi connectivity index (χ1n) is 5.00. The minimum atomic E-state index is 0.423. The second kappa shape index (κ2) is 4.75. The van der Waals surface area contributed by atoms with Crippen molar-refractivity contribution in [2.45, 2.75) is 18.9 Å². The van der Waals surface area contributed by atoms with E-state index in [0.29, 0.717) is 6.04 Å². The maximum Gasteiger partial charge on any atom is 0.0575 e. The average Bonchev–Trinajstić information content (AvgIpc) is 2.80. The van der Waals surface area contributed by atoms with Crippen LogP contribution < -0.4 is 5.73 Å². The van der Waals surface area contributed by atoms with E-state index in [0.717, 1.165) is 6.54 Å². The predicted molar refractivity (Wildman–Crippen MR) is 64.6 cm³/mol. The topological polar surface area (TPSA) is 29.3 Å². The molecule has 1 fully saturated rings. The molecule has 78 valence electrons. The molecule has 0 radical (unpaired) electrons. The minimum Gasteiger partial charge on any atom is -0.329 e. The fraction of sp³-hybridized carbons (Fsp3) is 0.600. The normalized spacial score (nSPS) is 20.1. The van der Waals surface area contributed by atoms with E-state index < -0.39 is 0 Å². The van der Waals surface area contributed by atoms with E-state index >= 15 is 0 Å². The molecule has 0 amide bonds. The summed E-state index contributed by atoms with van der Waals surface area (Å²) >= 11 is 5.38. The van der Waals surface area contributed by atoms with Gasteiger partial charge in [0.25, 0.3) is 0 Å². The Morgan fingerprint density at radius 1 is 1.50 bits per heavy atom. The summed E-state index contributed by atoms with van der Waals surface area (Å²) in [6.07, 6.45) is 2.64. The van der Waals surface area contributed by atoms with Crippen LogP contribution in [0.4, 0.5) is 0 Å². The third kappa shape index (κ3) is 2.03. The first-order valence-corrected chi connectivity index (χ1v) is 6.67. The molecule has 1 aliphatic rings. The van der Waals surface area contributed by atoms with E-state index in [9.17, 15) is 0 Å². The SMILES string of the molecule is NCC(c1sccc1Br)N1CCCC1. The summed E-state index contributed by atoms with van der Waals surface area (Å²) in [6, 6.07) is 2.53. The molecule has 1 atom stereocenters. The van der Waals surface area contributed by atoms with Gasteiger partial charge >= 0.3 is 0 Å². The summed E-state index contributed by atoms with van der Waals surface area (Å²) in [7, 11) is 0. The van der Waals surface area contributed by atoms with Gasteiger partial charge in [0.2, 0.25) is 0 Å². The highest BCUT2D eigenvalue weighted by atomic mass is 79.9. The van der Waals surface area contributed by atoms with Gasteiger partial charge in [-0.2, -0.15) is 0 Å². The Morgan fingerprint density at radius 3 is 2.71 bits per heavy atom. The lowest BCUT2D eigenvalue weighted by atomic mass is 10.2. The van der Waals surface area contributed by atoms with E-state index in [1.165, 1.54) is 35.3 Å². The number of halogens is 1. The molecule has 0 aliphatic carbocycles. The van der Waals surface area contributed by atoms with Crippen molar-refractivity contribution < 1.29 is 0 Å². The summed E-state index contributed by atoms with van der Waals surface area (Å²) in [5.41, 5.74) is 5.86. The zero-order valence-electron chi connectivity index (χ0n) is 8.08. The lowest BCUT2D eigenvalue weighted by molar-refractivity contribution is 0.254. The van der Waals surface area contributed by atoms with Crippen molar-refractivity contribution in [2.75, 3.05) is 19.6 Å². The minimum absolute atomic E-state index is 0.423. The Labute approximate surface area is 97.2 Å². The van der Waals surface area contributed by atoms with Crippen LogP contribution in [0.25, 0.3) is 0 Å². The maximum atomic E-state index is 5.86. The van der Waals surface area contributed by atoms with E-state index in [1.54, 1.807) is 11.3 Å². The average molecular weight is 275 g/mol. The molecule has 1 aromatic heterocycles. The largest absolute Gasteiger partial charge is 0.329 e. The molecule has 14 heavy (non-hydrogen) atoms. The van der Waals surface area contributed by atoms with Crippen LogP contribution >= 0.6 is 27.3 Å². The molecular weight excluding hydrogens is 260 g/mol. The van der Waals surface area contributed by atoms with Gasteiger partial charge in [-0.3, -0.25) is 4.90 Å². The number of hydrogen-bond donors (Lipinski definition) is 1. The molecule has 0 spiro atoms. The number of thiophene rings is 1. The van der Waals surface area contributed by atoms with Crippen molar-refractivity contribution in [2.24, 2.45) is 5.73 Å². The highest BCUT2D eigenvalue weighted by Gasteiger charge is 2.24. The molecule has 0 aromatic carbocycles. The van der Waals surface area contributed by atoms with E-state index in [4.69, 9.17) is 5.73 Å². The lowest BCUT2D eigenvalue weighted by Gasteiger charge is -2.25. The monoisotopic (exact) mass is 274 g/mol. The third-order valence-electron chi connectivity index (χ3n) is 2.75. The van der Waals surface area contributed by atoms with Crippen molar-refractivity contribution in [3.63, 3.8) is 0 Å². The molecule has 2 N–H and O–H groups in total. The van der Waals surface area contributed by atoms with Gasteiger partial charge in [0.05, 0.1) is 6.04 Å². The van der Waals surface area contributed by atoms with Crippen molar-refractivity contribution in [3.8, 4) is 0 Å². The first-order chi connectivity index (χ1) is 6.83. The second-order valence-corrected chi connectivity index (χ2v) is 5.43. The molecule has 2 rings (SSSR count). The van der Waals surface area contributed by atoms with Gasteiger partial charge in [0.15, 0.2) is 0 Å². The smallest absolute Gasteiger partial charge is 0.0575 e. The molecule has 2 nitrogen and oxygen atoms in total. The highest BCUT2D eigenvalue weighted by Crippen LogP contribution is 2.33. The molecular formula is C10H15BrN2S. The summed E-state index contributed by atoms with van der Waals surface area (Å²) in [5.74, 6) is 0. The van der Waals surface area contributed by atoms with Crippen LogP contribution in [0.5, 0.6) is 0 Å². The molecule has 2 heterocycles. The fourth-order valence-electron chi connectivity index (χ4n) is 2.02. The van der Waals surface area contributed by atoms with Gasteiger partial charge in [-0.15, -0.1) is 11.3 Å². The van der Waals surface area contributed by atoms with Crippen molar-refractivity contribution >= 4 is 27.3 Å². The summed E-state index contributed by atoms with van der Waals surface area (Å²) in [6.45, 7) is 3.12. The van der Waals surface area contributed by atoms with E-state index in [-0.39, 0.29) is 0 Å². The molecule has 1 saturated heterocycles. The van der Waals surface area contributed by atoms with Crippen LogP contribution in [0.3, 0.4) is 0 Å². The Kier molecular flexibility index (Phi) is 3.60. The Morgan fingerprint density at radius 2 is 2.21 bits per heavy atom. The predicted octanol–water partition coefficient (Wildman–Crippen LogP) is 2.61. The summed E-state index contributed by atoms with van der Waals surface area (Å²) in [4.78, 5) is 3.88. The lowest BCUT2D eigenvalue weighted by Crippen LogP contribution is -2.30. The zero-order chi connectivity index (χ0) is 9.97. The number of nitrogens with two attached hydrogens (primary N) is 1. The van der Waals surface area contributed by atoms with Gasteiger partial charge in [0, 0.05) is 15.9 Å².